The van der Waals surface area contributed by atoms with Gasteiger partial charge in [0.25, 0.3) is 0 Å². The third-order valence-electron chi connectivity index (χ3n) is 2.35. The first-order chi connectivity index (χ1) is 6.63. The van der Waals surface area contributed by atoms with E-state index in [2.05, 4.69) is 32.1 Å². The van der Waals surface area contributed by atoms with Crippen molar-refractivity contribution in [3.8, 4) is 0 Å². The molecule has 76 valence electrons. The summed E-state index contributed by atoms with van der Waals surface area (Å²) in [6.45, 7) is 4.55. The summed E-state index contributed by atoms with van der Waals surface area (Å²) >= 11 is 4.17. The number of carbonyl (C=O) groups excluding carboxylic acids is 1. The number of aromatic nitrogens is 2. The Labute approximate surface area is 101 Å². The van der Waals surface area contributed by atoms with E-state index in [0.717, 1.165) is 21.8 Å². The van der Waals surface area contributed by atoms with Gasteiger partial charge in [-0.15, -0.1) is 0 Å². The van der Waals surface area contributed by atoms with Crippen LogP contribution < -0.4 is 0 Å². The molecule has 1 aromatic rings. The first-order valence-electron chi connectivity index (χ1n) is 4.44. The lowest BCUT2D eigenvalue weighted by Gasteiger charge is -2.03. The van der Waals surface area contributed by atoms with Crippen LogP contribution in [-0.4, -0.2) is 25.0 Å². The molecule has 0 fully saturated rings. The molecule has 1 unspecified atom stereocenters. The van der Waals surface area contributed by atoms with E-state index in [4.69, 9.17) is 0 Å². The molecule has 0 bridgehead atoms. The van der Waals surface area contributed by atoms with Gasteiger partial charge >= 0.3 is 0 Å². The molecule has 0 amide bonds. The van der Waals surface area contributed by atoms with Crippen molar-refractivity contribution < 1.29 is 4.79 Å². The maximum Gasteiger partial charge on any atom is 0.180 e. The number of thioether (sulfide) groups is 1. The van der Waals surface area contributed by atoms with Crippen LogP contribution in [0.5, 0.6) is 0 Å². The van der Waals surface area contributed by atoms with E-state index in [1.165, 1.54) is 0 Å². The fourth-order valence-corrected chi connectivity index (χ4v) is 3.50. The van der Waals surface area contributed by atoms with Crippen LogP contribution in [0.25, 0.3) is 0 Å². The highest BCUT2D eigenvalue weighted by molar-refractivity contribution is 14.1. The number of hydrogen-bond acceptors (Lipinski definition) is 3. The lowest BCUT2D eigenvalue weighted by molar-refractivity contribution is 0.101. The highest BCUT2D eigenvalue weighted by Gasteiger charge is 2.27. The van der Waals surface area contributed by atoms with Crippen LogP contribution in [0.3, 0.4) is 0 Å². The van der Waals surface area contributed by atoms with Crippen LogP contribution >= 0.6 is 34.4 Å². The predicted molar refractivity (Wildman–Crippen MR) is 65.5 cm³/mol. The lowest BCUT2D eigenvalue weighted by atomic mass is 10.2. The average Bonchev–Trinajstić information content (AvgIpc) is 2.65. The van der Waals surface area contributed by atoms with Crippen LogP contribution in [0.4, 0.5) is 0 Å². The molecule has 0 radical (unpaired) electrons. The van der Waals surface area contributed by atoms with E-state index in [0.29, 0.717) is 10.9 Å². The molecule has 0 N–H and O–H groups in total. The second-order valence-corrected chi connectivity index (χ2v) is 5.54. The van der Waals surface area contributed by atoms with Gasteiger partial charge in [-0.25, -0.2) is 4.98 Å². The number of rotatable bonds is 2. The van der Waals surface area contributed by atoms with Gasteiger partial charge in [-0.2, -0.15) is 0 Å². The van der Waals surface area contributed by atoms with Gasteiger partial charge in [0.1, 0.15) is 5.69 Å². The molecule has 14 heavy (non-hydrogen) atoms. The van der Waals surface area contributed by atoms with Crippen molar-refractivity contribution in [3.63, 3.8) is 0 Å². The summed E-state index contributed by atoms with van der Waals surface area (Å²) in [7, 11) is 0. The molecular weight excluding hydrogens is 311 g/mol. The van der Waals surface area contributed by atoms with Crippen molar-refractivity contribution >= 4 is 40.1 Å². The minimum Gasteiger partial charge on any atom is -0.322 e. The fourth-order valence-electron chi connectivity index (χ4n) is 1.62. The number of ketones is 1. The van der Waals surface area contributed by atoms with E-state index >= 15 is 0 Å². The van der Waals surface area contributed by atoms with Crippen molar-refractivity contribution in [3.05, 3.63) is 11.4 Å². The van der Waals surface area contributed by atoms with E-state index in [-0.39, 0.29) is 5.78 Å². The largest absolute Gasteiger partial charge is 0.322 e. The molecular formula is C9H11IN2OS. The van der Waals surface area contributed by atoms with Gasteiger partial charge < -0.3 is 4.57 Å². The quantitative estimate of drug-likeness (QED) is 0.476. The van der Waals surface area contributed by atoms with Gasteiger partial charge in [0, 0.05) is 28.8 Å². The first-order valence-corrected chi connectivity index (χ1v) is 6.84. The summed E-state index contributed by atoms with van der Waals surface area (Å²) in [5.74, 6) is 0.0658. The third kappa shape index (κ3) is 1.60. The van der Waals surface area contributed by atoms with Crippen LogP contribution in [0.2, 0.25) is 0 Å². The van der Waals surface area contributed by atoms with E-state index in [1.807, 2.05) is 6.92 Å². The maximum atomic E-state index is 11.2. The van der Waals surface area contributed by atoms with Crippen molar-refractivity contribution in [2.45, 2.75) is 30.8 Å². The summed E-state index contributed by atoms with van der Waals surface area (Å²) in [6, 6.07) is 0. The Kier molecular flexibility index (Phi) is 2.88. The minimum absolute atomic E-state index is 0.0658. The molecule has 1 aliphatic heterocycles. The molecule has 1 aromatic heterocycles. The maximum absolute atomic E-state index is 11.2. The Morgan fingerprint density at radius 3 is 3.00 bits per heavy atom. The van der Waals surface area contributed by atoms with E-state index < -0.39 is 0 Å². The zero-order valence-electron chi connectivity index (χ0n) is 8.08. The molecule has 1 atom stereocenters. The number of alkyl halides is 1. The monoisotopic (exact) mass is 322 g/mol. The number of halogens is 1. The average molecular weight is 322 g/mol. The normalized spacial score (nSPS) is 19.8. The minimum atomic E-state index is 0.0658. The van der Waals surface area contributed by atoms with Crippen LogP contribution in [0, 0.1) is 6.92 Å². The van der Waals surface area contributed by atoms with Crippen LogP contribution in [0.1, 0.15) is 23.1 Å². The molecule has 2 heterocycles. The fraction of sp³-hybridized carbons (Fsp3) is 0.556. The molecule has 5 heteroatoms. The SMILES string of the molecule is CC(=O)c1nc2n(c1C)CC(CI)S2. The topological polar surface area (TPSA) is 34.9 Å². The number of fused-ring (bicyclic) bond motifs is 1. The number of carbonyl (C=O) groups is 1. The second kappa shape index (κ2) is 3.84. The highest BCUT2D eigenvalue weighted by atomic mass is 127. The smallest absolute Gasteiger partial charge is 0.180 e. The summed E-state index contributed by atoms with van der Waals surface area (Å²) < 4.78 is 3.28. The Morgan fingerprint density at radius 2 is 2.50 bits per heavy atom. The Balaban J connectivity index is 2.36. The third-order valence-corrected chi connectivity index (χ3v) is 5.18. The molecule has 0 aromatic carbocycles. The number of Topliss-reactive ketones (excluding diaryl/α,β-unsaturated/α-hetero) is 1. The zero-order valence-corrected chi connectivity index (χ0v) is 11.1. The van der Waals surface area contributed by atoms with Crippen LogP contribution in [0.15, 0.2) is 5.16 Å². The summed E-state index contributed by atoms with van der Waals surface area (Å²) in [5, 5.41) is 1.63. The molecule has 3 nitrogen and oxygen atoms in total. The molecule has 0 aliphatic carbocycles. The predicted octanol–water partition coefficient (Wildman–Crippen LogP) is 2.30. The Bertz CT molecular complexity index is 388. The Morgan fingerprint density at radius 1 is 1.79 bits per heavy atom. The second-order valence-electron chi connectivity index (χ2n) is 3.39. The summed E-state index contributed by atoms with van der Waals surface area (Å²) in [5.41, 5.74) is 1.66. The van der Waals surface area contributed by atoms with Crippen molar-refractivity contribution in [1.29, 1.82) is 0 Å². The van der Waals surface area contributed by atoms with Gasteiger partial charge in [-0.3, -0.25) is 4.79 Å². The summed E-state index contributed by atoms with van der Waals surface area (Å²) in [6.07, 6.45) is 0. The number of imidazole rings is 1. The van der Waals surface area contributed by atoms with Crippen LogP contribution in [-0.2, 0) is 6.54 Å². The first kappa shape index (κ1) is 10.5. The number of hydrogen-bond donors (Lipinski definition) is 0. The van der Waals surface area contributed by atoms with Gasteiger partial charge in [0.2, 0.25) is 0 Å². The summed E-state index contributed by atoms with van der Waals surface area (Å²) in [4.78, 5) is 15.6. The number of nitrogens with zero attached hydrogens (tertiary/aromatic N) is 2. The highest BCUT2D eigenvalue weighted by Crippen LogP contribution is 2.34. The van der Waals surface area contributed by atoms with E-state index in [9.17, 15) is 4.79 Å². The van der Waals surface area contributed by atoms with Gasteiger partial charge in [-0.05, 0) is 6.92 Å². The van der Waals surface area contributed by atoms with Crippen molar-refractivity contribution in [2.24, 2.45) is 0 Å². The van der Waals surface area contributed by atoms with Gasteiger partial charge in [-0.1, -0.05) is 34.4 Å². The molecule has 2 rings (SSSR count). The molecule has 1 aliphatic rings. The lowest BCUT2D eigenvalue weighted by Crippen LogP contribution is -2.09. The molecule has 0 saturated carbocycles. The van der Waals surface area contributed by atoms with Gasteiger partial charge in [0.15, 0.2) is 10.9 Å². The standard InChI is InChI=1S/C9H11IN2OS/c1-5-8(6(2)13)11-9-12(5)4-7(3-10)14-9/h7H,3-4H2,1-2H3. The zero-order chi connectivity index (χ0) is 10.3. The van der Waals surface area contributed by atoms with Crippen molar-refractivity contribution in [2.75, 3.05) is 4.43 Å². The molecule has 0 saturated heterocycles. The van der Waals surface area contributed by atoms with Crippen molar-refractivity contribution in [1.82, 2.24) is 9.55 Å². The Hall–Kier alpha value is -0.0400. The van der Waals surface area contributed by atoms with Gasteiger partial charge in [0.05, 0.1) is 0 Å². The van der Waals surface area contributed by atoms with E-state index in [1.54, 1.807) is 18.7 Å². The molecule has 0 spiro atoms.